The number of aliphatic hydroxyl groups excluding tert-OH is 1. The standard InChI is InChI=1S/C13H14F2N4O5/c1-7-11(19(21)22)13(24-6-9(15)5-20)17-18(7)10-3-8(14)4-16-12(10)23-2/h3-4,9,20H,5-6H2,1-2H3. The van der Waals surface area contributed by atoms with Crippen LogP contribution in [0.3, 0.4) is 0 Å². The summed E-state index contributed by atoms with van der Waals surface area (Å²) in [5, 5.41) is 23.8. The summed E-state index contributed by atoms with van der Waals surface area (Å²) >= 11 is 0. The van der Waals surface area contributed by atoms with Gasteiger partial charge in [0.05, 0.1) is 24.8 Å². The van der Waals surface area contributed by atoms with Gasteiger partial charge in [0.15, 0.2) is 6.17 Å². The average molecular weight is 344 g/mol. The summed E-state index contributed by atoms with van der Waals surface area (Å²) in [4.78, 5) is 14.2. The highest BCUT2D eigenvalue weighted by Crippen LogP contribution is 2.33. The maximum Gasteiger partial charge on any atom is 0.353 e. The van der Waals surface area contributed by atoms with Gasteiger partial charge in [0.2, 0.25) is 5.88 Å². The Morgan fingerprint density at radius 2 is 2.21 bits per heavy atom. The van der Waals surface area contributed by atoms with Crippen molar-refractivity contribution in [3.8, 4) is 17.4 Å². The van der Waals surface area contributed by atoms with Crippen LogP contribution in [0.1, 0.15) is 5.69 Å². The van der Waals surface area contributed by atoms with Crippen LogP contribution < -0.4 is 9.47 Å². The minimum absolute atomic E-state index is 0.0119. The number of ether oxygens (including phenoxy) is 2. The first kappa shape index (κ1) is 17.5. The van der Waals surface area contributed by atoms with Gasteiger partial charge in [0.25, 0.3) is 0 Å². The van der Waals surface area contributed by atoms with Crippen LogP contribution in [0, 0.1) is 22.9 Å². The van der Waals surface area contributed by atoms with Crippen LogP contribution in [0.5, 0.6) is 11.8 Å². The smallest absolute Gasteiger partial charge is 0.353 e. The predicted octanol–water partition coefficient (Wildman–Crippen LogP) is 1.34. The molecule has 0 radical (unpaired) electrons. The number of rotatable bonds is 7. The minimum Gasteiger partial charge on any atom is -0.479 e. The first-order chi connectivity index (χ1) is 11.4. The van der Waals surface area contributed by atoms with E-state index >= 15 is 0 Å². The highest BCUT2D eigenvalue weighted by atomic mass is 19.1. The number of nitrogens with zero attached hydrogens (tertiary/aromatic N) is 4. The molecule has 1 N–H and O–H groups in total. The Hall–Kier alpha value is -2.82. The lowest BCUT2D eigenvalue weighted by Gasteiger charge is -2.08. The minimum atomic E-state index is -1.72. The van der Waals surface area contributed by atoms with Gasteiger partial charge in [0, 0.05) is 6.07 Å². The molecule has 0 aliphatic rings. The summed E-state index contributed by atoms with van der Waals surface area (Å²) in [6.07, 6.45) is -0.803. The Kier molecular flexibility index (Phi) is 5.24. The fraction of sp³-hybridized carbons (Fsp3) is 0.385. The highest BCUT2D eigenvalue weighted by Gasteiger charge is 2.29. The van der Waals surface area contributed by atoms with Gasteiger partial charge in [0.1, 0.15) is 23.8 Å². The molecule has 0 aliphatic heterocycles. The summed E-state index contributed by atoms with van der Waals surface area (Å²) in [5.41, 5.74) is -0.474. The number of pyridine rings is 1. The van der Waals surface area contributed by atoms with Gasteiger partial charge in [-0.2, -0.15) is 0 Å². The average Bonchev–Trinajstić information content (AvgIpc) is 2.89. The summed E-state index contributed by atoms with van der Waals surface area (Å²) in [6.45, 7) is -0.0528. The van der Waals surface area contributed by atoms with Crippen molar-refractivity contribution in [1.82, 2.24) is 14.8 Å². The molecule has 0 aromatic carbocycles. The number of nitro groups is 1. The molecule has 0 bridgehead atoms. The molecule has 2 aromatic rings. The molecule has 11 heteroatoms. The van der Waals surface area contributed by atoms with Crippen molar-refractivity contribution in [1.29, 1.82) is 0 Å². The molecule has 2 aromatic heterocycles. The Balaban J connectivity index is 2.52. The van der Waals surface area contributed by atoms with E-state index in [1.165, 1.54) is 14.0 Å². The second kappa shape index (κ2) is 7.17. The van der Waals surface area contributed by atoms with E-state index in [0.29, 0.717) is 0 Å². The molecule has 0 spiro atoms. The Labute approximate surface area is 134 Å². The molecule has 9 nitrogen and oxygen atoms in total. The molecule has 1 atom stereocenters. The summed E-state index contributed by atoms with van der Waals surface area (Å²) < 4.78 is 37.5. The molecule has 1 unspecified atom stereocenters. The summed E-state index contributed by atoms with van der Waals surface area (Å²) in [5.74, 6) is -1.17. The molecule has 0 saturated heterocycles. The Morgan fingerprint density at radius 3 is 2.79 bits per heavy atom. The third-order valence-electron chi connectivity index (χ3n) is 3.06. The van der Waals surface area contributed by atoms with Crippen molar-refractivity contribution < 1.29 is 28.3 Å². The van der Waals surface area contributed by atoms with Crippen molar-refractivity contribution in [2.24, 2.45) is 0 Å². The van der Waals surface area contributed by atoms with Crippen LogP contribution in [0.15, 0.2) is 12.3 Å². The van der Waals surface area contributed by atoms with Crippen molar-refractivity contribution >= 4 is 5.69 Å². The fourth-order valence-electron chi connectivity index (χ4n) is 1.96. The SMILES string of the molecule is COc1ncc(F)cc1-n1nc(OCC(F)CO)c([N+](=O)[O-])c1C. The lowest BCUT2D eigenvalue weighted by Crippen LogP contribution is -2.17. The molecule has 24 heavy (non-hydrogen) atoms. The van der Waals surface area contributed by atoms with Gasteiger partial charge in [-0.1, -0.05) is 0 Å². The van der Waals surface area contributed by atoms with Crippen LogP contribution >= 0.6 is 0 Å². The molecule has 0 fully saturated rings. The summed E-state index contributed by atoms with van der Waals surface area (Å²) in [6, 6.07) is 1.03. The Bertz CT molecular complexity index is 752. The molecular weight excluding hydrogens is 330 g/mol. The fourth-order valence-corrected chi connectivity index (χ4v) is 1.96. The maximum atomic E-state index is 13.5. The van der Waals surface area contributed by atoms with Gasteiger partial charge < -0.3 is 14.6 Å². The van der Waals surface area contributed by atoms with Crippen molar-refractivity contribution in [3.05, 3.63) is 33.9 Å². The van der Waals surface area contributed by atoms with E-state index in [2.05, 4.69) is 10.1 Å². The van der Waals surface area contributed by atoms with Crippen LogP contribution in [-0.4, -0.2) is 51.3 Å². The number of methoxy groups -OCH3 is 1. The van der Waals surface area contributed by atoms with E-state index in [1.54, 1.807) is 0 Å². The van der Waals surface area contributed by atoms with Crippen molar-refractivity contribution in [2.45, 2.75) is 13.1 Å². The van der Waals surface area contributed by atoms with Crippen molar-refractivity contribution in [3.63, 3.8) is 0 Å². The molecule has 2 heterocycles. The molecule has 2 rings (SSSR count). The third kappa shape index (κ3) is 3.40. The lowest BCUT2D eigenvalue weighted by molar-refractivity contribution is -0.386. The first-order valence-corrected chi connectivity index (χ1v) is 6.70. The second-order valence-electron chi connectivity index (χ2n) is 4.68. The first-order valence-electron chi connectivity index (χ1n) is 6.70. The van der Waals surface area contributed by atoms with E-state index in [-0.39, 0.29) is 17.3 Å². The van der Waals surface area contributed by atoms with Gasteiger partial charge >= 0.3 is 11.6 Å². The monoisotopic (exact) mass is 344 g/mol. The van der Waals surface area contributed by atoms with Gasteiger partial charge in [-0.15, -0.1) is 5.10 Å². The predicted molar refractivity (Wildman–Crippen MR) is 76.7 cm³/mol. The van der Waals surface area contributed by atoms with E-state index in [0.717, 1.165) is 16.9 Å². The van der Waals surface area contributed by atoms with E-state index in [4.69, 9.17) is 14.6 Å². The van der Waals surface area contributed by atoms with E-state index in [9.17, 15) is 18.9 Å². The lowest BCUT2D eigenvalue weighted by atomic mass is 10.3. The Morgan fingerprint density at radius 1 is 1.50 bits per heavy atom. The zero-order valence-corrected chi connectivity index (χ0v) is 12.8. The number of aliphatic hydroxyl groups is 1. The quantitative estimate of drug-likeness (QED) is 0.596. The van der Waals surface area contributed by atoms with Gasteiger partial charge in [-0.3, -0.25) is 10.1 Å². The van der Waals surface area contributed by atoms with Crippen LogP contribution in [-0.2, 0) is 0 Å². The number of halogens is 2. The van der Waals surface area contributed by atoms with E-state index in [1.807, 2.05) is 0 Å². The van der Waals surface area contributed by atoms with Crippen LogP contribution in [0.25, 0.3) is 5.69 Å². The number of hydrogen-bond acceptors (Lipinski definition) is 7. The molecule has 130 valence electrons. The molecular formula is C13H14F2N4O5. The number of hydrogen-bond donors (Lipinski definition) is 1. The number of aromatic nitrogens is 3. The highest BCUT2D eigenvalue weighted by molar-refractivity contribution is 5.52. The molecule has 0 saturated carbocycles. The molecule has 0 amide bonds. The third-order valence-corrected chi connectivity index (χ3v) is 3.06. The second-order valence-corrected chi connectivity index (χ2v) is 4.68. The normalized spacial score (nSPS) is 12.0. The zero-order valence-electron chi connectivity index (χ0n) is 12.8. The maximum absolute atomic E-state index is 13.5. The topological polar surface area (TPSA) is 113 Å². The van der Waals surface area contributed by atoms with Gasteiger partial charge in [-0.25, -0.2) is 18.4 Å². The van der Waals surface area contributed by atoms with Crippen LogP contribution in [0.2, 0.25) is 0 Å². The van der Waals surface area contributed by atoms with Crippen LogP contribution in [0.4, 0.5) is 14.5 Å². The molecule has 0 aliphatic carbocycles. The largest absolute Gasteiger partial charge is 0.479 e. The zero-order chi connectivity index (χ0) is 17.9. The van der Waals surface area contributed by atoms with Crippen molar-refractivity contribution in [2.75, 3.05) is 20.3 Å². The van der Waals surface area contributed by atoms with Gasteiger partial charge in [-0.05, 0) is 6.92 Å². The number of alkyl halides is 1. The summed E-state index contributed by atoms with van der Waals surface area (Å²) in [7, 11) is 1.29. The van der Waals surface area contributed by atoms with E-state index < -0.39 is 41.7 Å².